The van der Waals surface area contributed by atoms with E-state index >= 15 is 0 Å². The van der Waals surface area contributed by atoms with Gasteiger partial charge in [-0.15, -0.1) is 13.2 Å². The molecule has 5 atom stereocenters. The van der Waals surface area contributed by atoms with Gasteiger partial charge < -0.3 is 29.3 Å². The molecule has 258 valence electrons. The SMILES string of the molecule is C=CCN(C(=O)[C@H]1[C@H]2C(=O)N(CCCCCCO)C(C(=O)N(CC=C)c3cc(C)ccc3C)C23CC[C@]1(C)O3)c1ccc(OCC)cc1. The van der Waals surface area contributed by atoms with Crippen molar-refractivity contribution in [1.82, 2.24) is 4.90 Å². The van der Waals surface area contributed by atoms with Gasteiger partial charge in [0.15, 0.2) is 0 Å². The number of hydrogen-bond acceptors (Lipinski definition) is 6. The first kappa shape index (κ1) is 35.4. The minimum absolute atomic E-state index is 0.118. The van der Waals surface area contributed by atoms with Crippen molar-refractivity contribution in [3.05, 3.63) is 78.9 Å². The molecule has 48 heavy (non-hydrogen) atoms. The van der Waals surface area contributed by atoms with Crippen molar-refractivity contribution in [2.24, 2.45) is 11.8 Å². The van der Waals surface area contributed by atoms with E-state index in [1.54, 1.807) is 26.9 Å². The number of rotatable bonds is 16. The molecule has 2 aromatic carbocycles. The Morgan fingerprint density at radius 1 is 1.00 bits per heavy atom. The van der Waals surface area contributed by atoms with Crippen LogP contribution in [0.15, 0.2) is 67.8 Å². The molecule has 3 fully saturated rings. The number of aryl methyl sites for hydroxylation is 2. The number of fused-ring (bicyclic) bond motifs is 1. The lowest BCUT2D eigenvalue weighted by molar-refractivity contribution is -0.144. The van der Waals surface area contributed by atoms with Crippen molar-refractivity contribution in [3.63, 3.8) is 0 Å². The Bertz CT molecular complexity index is 1520. The second kappa shape index (κ2) is 14.7. The predicted molar refractivity (Wildman–Crippen MR) is 188 cm³/mol. The summed E-state index contributed by atoms with van der Waals surface area (Å²) in [5.74, 6) is -1.53. The van der Waals surface area contributed by atoms with Crippen molar-refractivity contribution < 1.29 is 29.0 Å². The van der Waals surface area contributed by atoms with E-state index in [2.05, 4.69) is 13.2 Å². The fraction of sp³-hybridized carbons (Fsp3) is 0.513. The summed E-state index contributed by atoms with van der Waals surface area (Å²) in [6.45, 7) is 17.2. The lowest BCUT2D eigenvalue weighted by Crippen LogP contribution is -2.56. The summed E-state index contributed by atoms with van der Waals surface area (Å²) in [4.78, 5) is 49.6. The second-order valence-corrected chi connectivity index (χ2v) is 13.6. The van der Waals surface area contributed by atoms with E-state index in [-0.39, 0.29) is 37.4 Å². The first-order valence-electron chi connectivity index (χ1n) is 17.3. The monoisotopic (exact) mass is 657 g/mol. The number of aliphatic hydroxyl groups excluding tert-OH is 1. The molecule has 9 nitrogen and oxygen atoms in total. The van der Waals surface area contributed by atoms with E-state index in [1.807, 2.05) is 70.2 Å². The highest BCUT2D eigenvalue weighted by molar-refractivity contribution is 6.07. The van der Waals surface area contributed by atoms with E-state index in [0.717, 1.165) is 29.7 Å². The van der Waals surface area contributed by atoms with Crippen LogP contribution in [-0.2, 0) is 19.1 Å². The van der Waals surface area contributed by atoms with Gasteiger partial charge in [0, 0.05) is 37.6 Å². The van der Waals surface area contributed by atoms with Crippen molar-refractivity contribution >= 4 is 29.1 Å². The van der Waals surface area contributed by atoms with Crippen LogP contribution < -0.4 is 14.5 Å². The molecule has 9 heteroatoms. The number of carbonyl (C=O) groups excluding carboxylic acids is 3. The Labute approximate surface area is 285 Å². The minimum Gasteiger partial charge on any atom is -0.494 e. The lowest BCUT2D eigenvalue weighted by atomic mass is 9.66. The topological polar surface area (TPSA) is 99.6 Å². The summed E-state index contributed by atoms with van der Waals surface area (Å²) in [6.07, 6.45) is 7.43. The fourth-order valence-electron chi connectivity index (χ4n) is 8.17. The molecular formula is C39H51N3O6. The van der Waals surface area contributed by atoms with E-state index in [4.69, 9.17) is 9.47 Å². The number of ether oxygens (including phenoxy) is 2. The maximum atomic E-state index is 15.0. The van der Waals surface area contributed by atoms with Gasteiger partial charge in [-0.3, -0.25) is 14.4 Å². The Kier molecular flexibility index (Phi) is 10.8. The van der Waals surface area contributed by atoms with E-state index in [1.165, 1.54) is 0 Å². The zero-order chi connectivity index (χ0) is 34.6. The predicted octanol–water partition coefficient (Wildman–Crippen LogP) is 5.76. The first-order valence-corrected chi connectivity index (χ1v) is 17.3. The Balaban J connectivity index is 1.56. The van der Waals surface area contributed by atoms with Crippen LogP contribution in [0.5, 0.6) is 5.75 Å². The lowest BCUT2D eigenvalue weighted by Gasteiger charge is -2.37. The molecule has 1 spiro atoms. The number of amides is 3. The molecule has 1 N–H and O–H groups in total. The molecule has 0 saturated carbocycles. The number of likely N-dealkylation sites (tertiary alicyclic amines) is 1. The second-order valence-electron chi connectivity index (χ2n) is 13.6. The van der Waals surface area contributed by atoms with Crippen LogP contribution in [0.25, 0.3) is 0 Å². The maximum absolute atomic E-state index is 15.0. The number of unbranched alkanes of at least 4 members (excludes halogenated alkanes) is 3. The highest BCUT2D eigenvalue weighted by Crippen LogP contribution is 2.63. The molecule has 3 saturated heterocycles. The molecular weight excluding hydrogens is 606 g/mol. The molecule has 3 amide bonds. The van der Waals surface area contributed by atoms with Crippen molar-refractivity contribution in [2.45, 2.75) is 83.5 Å². The zero-order valence-electron chi connectivity index (χ0n) is 29.0. The summed E-state index contributed by atoms with van der Waals surface area (Å²) in [7, 11) is 0. The van der Waals surface area contributed by atoms with Crippen molar-refractivity contribution in [2.75, 3.05) is 42.6 Å². The first-order chi connectivity index (χ1) is 23.1. The summed E-state index contributed by atoms with van der Waals surface area (Å²) >= 11 is 0. The molecule has 3 aliphatic rings. The van der Waals surface area contributed by atoms with Gasteiger partial charge in [0.05, 0.1) is 24.0 Å². The molecule has 3 aliphatic heterocycles. The highest BCUT2D eigenvalue weighted by Gasteiger charge is 2.78. The Hall–Kier alpha value is -3.95. The molecule has 2 bridgehead atoms. The number of anilines is 2. The van der Waals surface area contributed by atoms with Crippen LogP contribution >= 0.6 is 0 Å². The molecule has 3 heterocycles. The van der Waals surface area contributed by atoms with Crippen LogP contribution in [0.4, 0.5) is 11.4 Å². The molecule has 0 radical (unpaired) electrons. The molecule has 5 rings (SSSR count). The van der Waals surface area contributed by atoms with E-state index in [9.17, 15) is 19.5 Å². The molecule has 2 unspecified atom stereocenters. The quantitative estimate of drug-likeness (QED) is 0.182. The zero-order valence-corrected chi connectivity index (χ0v) is 29.0. The van der Waals surface area contributed by atoms with Crippen molar-refractivity contribution in [1.29, 1.82) is 0 Å². The van der Waals surface area contributed by atoms with Crippen LogP contribution in [0.3, 0.4) is 0 Å². The van der Waals surface area contributed by atoms with Crippen molar-refractivity contribution in [3.8, 4) is 5.75 Å². The average molecular weight is 658 g/mol. The van der Waals surface area contributed by atoms with Gasteiger partial charge >= 0.3 is 0 Å². The van der Waals surface area contributed by atoms with Crippen LogP contribution in [0, 0.1) is 25.7 Å². The smallest absolute Gasteiger partial charge is 0.253 e. The van der Waals surface area contributed by atoms with Gasteiger partial charge in [-0.05, 0) is 94.8 Å². The summed E-state index contributed by atoms with van der Waals surface area (Å²) < 4.78 is 12.6. The summed E-state index contributed by atoms with van der Waals surface area (Å²) in [5, 5.41) is 9.30. The molecule has 2 aromatic rings. The third-order valence-electron chi connectivity index (χ3n) is 10.4. The number of benzene rings is 2. The number of carbonyl (C=O) groups is 3. The Morgan fingerprint density at radius 3 is 2.35 bits per heavy atom. The molecule has 0 aliphatic carbocycles. The van der Waals surface area contributed by atoms with Crippen LogP contribution in [-0.4, -0.2) is 77.8 Å². The van der Waals surface area contributed by atoms with Gasteiger partial charge in [-0.2, -0.15) is 0 Å². The van der Waals surface area contributed by atoms with Gasteiger partial charge in [0.25, 0.3) is 5.91 Å². The van der Waals surface area contributed by atoms with Gasteiger partial charge in [0.1, 0.15) is 17.4 Å². The standard InChI is InChI=1S/C39H51N3O6/c1-7-22-40(29-16-18-30(19-17-29)47-9-3)35(44)32-33-36(45)42(24-12-10-11-13-25-43)34(39(33)21-20-38(32,6)48-39)37(46)41(23-8-2)31-26-27(4)14-15-28(31)5/h7-8,14-19,26,32-34,43H,1-2,9-13,20-25H2,3-6H3/t32-,33+,34?,38+,39?/m1/s1. The van der Waals surface area contributed by atoms with Crippen LogP contribution in [0.1, 0.15) is 63.5 Å². The normalized spacial score (nSPS) is 25.6. The maximum Gasteiger partial charge on any atom is 0.253 e. The Morgan fingerprint density at radius 2 is 1.69 bits per heavy atom. The summed E-state index contributed by atoms with van der Waals surface area (Å²) in [6, 6.07) is 12.5. The summed E-state index contributed by atoms with van der Waals surface area (Å²) in [5.41, 5.74) is 1.34. The van der Waals surface area contributed by atoms with Gasteiger partial charge in [-0.1, -0.05) is 37.1 Å². The number of aliphatic hydroxyl groups is 1. The minimum atomic E-state index is -1.15. The van der Waals surface area contributed by atoms with Gasteiger partial charge in [-0.25, -0.2) is 0 Å². The molecule has 0 aromatic heterocycles. The fourth-order valence-corrected chi connectivity index (χ4v) is 8.17. The van der Waals surface area contributed by atoms with E-state index in [0.29, 0.717) is 50.3 Å². The largest absolute Gasteiger partial charge is 0.494 e. The number of nitrogens with zero attached hydrogens (tertiary/aromatic N) is 3. The highest BCUT2D eigenvalue weighted by atomic mass is 16.5. The third-order valence-corrected chi connectivity index (χ3v) is 10.4. The van der Waals surface area contributed by atoms with E-state index < -0.39 is 29.1 Å². The number of hydrogen-bond donors (Lipinski definition) is 1. The average Bonchev–Trinajstić information content (AvgIpc) is 3.64. The van der Waals surface area contributed by atoms with Crippen LogP contribution in [0.2, 0.25) is 0 Å². The third kappa shape index (κ3) is 6.30. The van der Waals surface area contributed by atoms with Gasteiger partial charge in [0.2, 0.25) is 11.8 Å².